The molecule has 0 aliphatic rings. The second-order valence-corrected chi connectivity index (χ2v) is 6.69. The third kappa shape index (κ3) is 5.81. The van der Waals surface area contributed by atoms with Crippen molar-refractivity contribution in [3.05, 3.63) is 22.5 Å². The Kier molecular flexibility index (Phi) is 6.61. The second kappa shape index (κ2) is 8.04. The number of carbonyl (C=O) groups excluding carboxylic acids is 2. The number of H-pyrrole nitrogens is 1. The highest BCUT2D eigenvalue weighted by Crippen LogP contribution is 2.20. The van der Waals surface area contributed by atoms with Crippen LogP contribution in [-0.2, 0) is 20.7 Å². The number of hydrogen-bond acceptors (Lipinski definition) is 5. The van der Waals surface area contributed by atoms with Crippen LogP contribution in [0, 0.1) is 13.8 Å². The Morgan fingerprint density at radius 3 is 2.32 bits per heavy atom. The van der Waals surface area contributed by atoms with Gasteiger partial charge < -0.3 is 24.9 Å². The highest BCUT2D eigenvalue weighted by Gasteiger charge is 2.27. The van der Waals surface area contributed by atoms with Crippen LogP contribution in [0.3, 0.4) is 0 Å². The Hall–Kier alpha value is -2.51. The number of aliphatic carboxylic acids is 1. The summed E-state index contributed by atoms with van der Waals surface area (Å²) in [7, 11) is 0. The largest absolute Gasteiger partial charge is 0.480 e. The molecule has 0 fully saturated rings. The van der Waals surface area contributed by atoms with Gasteiger partial charge in [-0.3, -0.25) is 0 Å². The van der Waals surface area contributed by atoms with Crippen molar-refractivity contribution in [3.63, 3.8) is 0 Å². The topological polar surface area (TPSA) is 118 Å². The molecule has 140 valence electrons. The molecule has 0 aliphatic carbocycles. The molecular formula is C17H26N2O6. The first-order valence-corrected chi connectivity index (χ1v) is 8.03. The van der Waals surface area contributed by atoms with Gasteiger partial charge >= 0.3 is 18.0 Å². The number of amides is 1. The van der Waals surface area contributed by atoms with Crippen LogP contribution in [0.1, 0.15) is 55.0 Å². The summed E-state index contributed by atoms with van der Waals surface area (Å²) >= 11 is 0. The lowest BCUT2D eigenvalue weighted by molar-refractivity contribution is -0.139. The first-order chi connectivity index (χ1) is 11.5. The number of carboxylic acids is 1. The molecule has 25 heavy (non-hydrogen) atoms. The van der Waals surface area contributed by atoms with Gasteiger partial charge in [0.2, 0.25) is 0 Å². The maximum Gasteiger partial charge on any atom is 0.408 e. The van der Waals surface area contributed by atoms with Gasteiger partial charge in [0.1, 0.15) is 11.6 Å². The lowest BCUT2D eigenvalue weighted by atomic mass is 10.1. The fraction of sp³-hybridized carbons (Fsp3) is 0.588. The molecule has 1 rings (SSSR count). The number of esters is 1. The Morgan fingerprint density at radius 1 is 1.24 bits per heavy atom. The fourth-order valence-corrected chi connectivity index (χ4v) is 2.38. The zero-order valence-corrected chi connectivity index (χ0v) is 15.5. The molecule has 1 aromatic rings. The van der Waals surface area contributed by atoms with Crippen LogP contribution >= 0.6 is 0 Å². The van der Waals surface area contributed by atoms with Gasteiger partial charge in [0, 0.05) is 17.8 Å². The number of aromatic amines is 1. The third-order valence-corrected chi connectivity index (χ3v) is 3.42. The summed E-state index contributed by atoms with van der Waals surface area (Å²) in [5, 5.41) is 11.7. The minimum Gasteiger partial charge on any atom is -0.480 e. The predicted octanol–water partition coefficient (Wildman–Crippen LogP) is 2.33. The maximum atomic E-state index is 12.0. The summed E-state index contributed by atoms with van der Waals surface area (Å²) in [6, 6.07) is -1.19. The highest BCUT2D eigenvalue weighted by atomic mass is 16.6. The van der Waals surface area contributed by atoms with Crippen LogP contribution in [0.15, 0.2) is 0 Å². The average molecular weight is 354 g/mol. The van der Waals surface area contributed by atoms with Crippen LogP contribution in [0.2, 0.25) is 0 Å². The molecule has 0 aliphatic heterocycles. The predicted molar refractivity (Wildman–Crippen MR) is 90.7 cm³/mol. The summed E-state index contributed by atoms with van der Waals surface area (Å²) < 4.78 is 10.1. The number of carbonyl (C=O) groups is 3. The van der Waals surface area contributed by atoms with Crippen molar-refractivity contribution in [2.24, 2.45) is 0 Å². The maximum absolute atomic E-state index is 12.0. The number of nitrogens with one attached hydrogen (secondary N) is 2. The molecule has 0 radical (unpaired) electrons. The minimum atomic E-state index is -1.20. The molecule has 1 aromatic heterocycles. The van der Waals surface area contributed by atoms with Gasteiger partial charge in [-0.15, -0.1) is 0 Å². The lowest BCUT2D eigenvalue weighted by Crippen LogP contribution is -2.44. The number of hydrogen-bond donors (Lipinski definition) is 3. The van der Waals surface area contributed by atoms with Crippen molar-refractivity contribution in [2.75, 3.05) is 6.61 Å². The van der Waals surface area contributed by atoms with Crippen molar-refractivity contribution >= 4 is 18.0 Å². The second-order valence-electron chi connectivity index (χ2n) is 6.69. The number of rotatable bonds is 6. The van der Waals surface area contributed by atoms with E-state index in [0.717, 1.165) is 0 Å². The molecule has 0 spiro atoms. The van der Waals surface area contributed by atoms with Crippen LogP contribution < -0.4 is 5.32 Å². The summed E-state index contributed by atoms with van der Waals surface area (Å²) in [5.74, 6) is -1.66. The highest BCUT2D eigenvalue weighted by molar-refractivity contribution is 5.93. The van der Waals surface area contributed by atoms with Gasteiger partial charge in [-0.25, -0.2) is 14.4 Å². The monoisotopic (exact) mass is 354 g/mol. The molecule has 1 amide bonds. The van der Waals surface area contributed by atoms with Gasteiger partial charge in [0.05, 0.1) is 12.2 Å². The van der Waals surface area contributed by atoms with Crippen molar-refractivity contribution < 1.29 is 29.0 Å². The number of alkyl carbamates (subject to hydrolysis) is 1. The van der Waals surface area contributed by atoms with Gasteiger partial charge in [-0.05, 0) is 47.1 Å². The summed E-state index contributed by atoms with van der Waals surface area (Å²) in [6.07, 6.45) is -0.827. The van der Waals surface area contributed by atoms with Crippen LogP contribution in [0.5, 0.6) is 0 Å². The average Bonchev–Trinajstić information content (AvgIpc) is 2.70. The van der Waals surface area contributed by atoms with Crippen LogP contribution in [0.4, 0.5) is 4.79 Å². The van der Waals surface area contributed by atoms with E-state index in [9.17, 15) is 19.5 Å². The molecule has 8 nitrogen and oxygen atoms in total. The fourth-order valence-electron chi connectivity index (χ4n) is 2.38. The van der Waals surface area contributed by atoms with E-state index in [2.05, 4.69) is 10.3 Å². The van der Waals surface area contributed by atoms with Crippen LogP contribution in [0.25, 0.3) is 0 Å². The quantitative estimate of drug-likeness (QED) is 0.675. The normalized spacial score (nSPS) is 12.4. The molecule has 0 saturated carbocycles. The molecule has 8 heteroatoms. The Balaban J connectivity index is 2.96. The third-order valence-electron chi connectivity index (χ3n) is 3.42. The Morgan fingerprint density at radius 2 is 1.84 bits per heavy atom. The Labute approximate surface area is 146 Å². The molecule has 1 unspecified atom stereocenters. The van der Waals surface area contributed by atoms with E-state index < -0.39 is 29.7 Å². The zero-order chi connectivity index (χ0) is 19.4. The van der Waals surface area contributed by atoms with Gasteiger partial charge in [-0.2, -0.15) is 0 Å². The minimum absolute atomic E-state index is 0.0132. The van der Waals surface area contributed by atoms with Crippen molar-refractivity contribution in [3.8, 4) is 0 Å². The Bertz CT molecular complexity index is 657. The van der Waals surface area contributed by atoms with E-state index in [1.807, 2.05) is 0 Å². The van der Waals surface area contributed by atoms with Gasteiger partial charge in [0.25, 0.3) is 0 Å². The van der Waals surface area contributed by atoms with E-state index in [-0.39, 0.29) is 13.0 Å². The van der Waals surface area contributed by atoms with Gasteiger partial charge in [-0.1, -0.05) is 0 Å². The van der Waals surface area contributed by atoms with E-state index >= 15 is 0 Å². The molecule has 1 atom stereocenters. The smallest absolute Gasteiger partial charge is 0.408 e. The summed E-state index contributed by atoms with van der Waals surface area (Å²) in [6.45, 7) is 10.4. The zero-order valence-electron chi connectivity index (χ0n) is 15.5. The van der Waals surface area contributed by atoms with E-state index in [1.54, 1.807) is 41.5 Å². The van der Waals surface area contributed by atoms with Crippen molar-refractivity contribution in [1.82, 2.24) is 10.3 Å². The molecule has 1 heterocycles. The number of carboxylic acid groups (broad SMARTS) is 1. The standard InChI is InChI=1S/C17H26N2O6/c1-7-24-15(22)13-9(2)11(18-10(13)3)8-12(14(20)21)19-16(23)25-17(4,5)6/h12,18H,7-8H2,1-6H3,(H,19,23)(H,20,21). The van der Waals surface area contributed by atoms with Crippen molar-refractivity contribution in [2.45, 2.75) is 59.6 Å². The van der Waals surface area contributed by atoms with E-state index in [4.69, 9.17) is 9.47 Å². The molecule has 3 N–H and O–H groups in total. The van der Waals surface area contributed by atoms with Crippen molar-refractivity contribution in [1.29, 1.82) is 0 Å². The molecule has 0 saturated heterocycles. The summed E-state index contributed by atoms with van der Waals surface area (Å²) in [5.41, 5.74) is 1.39. The number of aryl methyl sites for hydroxylation is 1. The number of ether oxygens (including phenoxy) is 2. The van der Waals surface area contributed by atoms with Gasteiger partial charge in [0.15, 0.2) is 0 Å². The lowest BCUT2D eigenvalue weighted by Gasteiger charge is -2.22. The number of aromatic nitrogens is 1. The van der Waals surface area contributed by atoms with Crippen LogP contribution in [-0.4, -0.2) is 46.4 Å². The first kappa shape index (κ1) is 20.5. The van der Waals surface area contributed by atoms with E-state index in [0.29, 0.717) is 22.5 Å². The van der Waals surface area contributed by atoms with E-state index in [1.165, 1.54) is 0 Å². The first-order valence-electron chi connectivity index (χ1n) is 8.03. The molecule has 0 bridgehead atoms. The summed E-state index contributed by atoms with van der Waals surface area (Å²) in [4.78, 5) is 38.3. The molecule has 0 aromatic carbocycles. The molecular weight excluding hydrogens is 328 g/mol. The SMILES string of the molecule is CCOC(=O)c1c(C)[nH]c(CC(NC(=O)OC(C)(C)C)C(=O)O)c1C.